The number of esters is 1. The van der Waals surface area contributed by atoms with Crippen molar-refractivity contribution in [3.05, 3.63) is 29.8 Å². The average Bonchev–Trinajstić information content (AvgIpc) is 2.88. The Balaban J connectivity index is 2.09. The van der Waals surface area contributed by atoms with Crippen LogP contribution >= 0.6 is 0 Å². The normalized spacial score (nSPS) is 20.0. The molecule has 0 bridgehead atoms. The Labute approximate surface area is 135 Å². The lowest BCUT2D eigenvalue weighted by atomic mass is 9.88. The first-order valence-corrected chi connectivity index (χ1v) is 7.80. The van der Waals surface area contributed by atoms with Gasteiger partial charge in [0.15, 0.2) is 0 Å². The molecule has 6 heteroatoms. The van der Waals surface area contributed by atoms with Crippen molar-refractivity contribution < 1.29 is 19.1 Å². The molecule has 0 aliphatic carbocycles. The van der Waals surface area contributed by atoms with Crippen molar-refractivity contribution in [2.24, 2.45) is 5.41 Å². The van der Waals surface area contributed by atoms with Gasteiger partial charge in [-0.2, -0.15) is 0 Å². The Kier molecular flexibility index (Phi) is 5.36. The summed E-state index contributed by atoms with van der Waals surface area (Å²) in [7, 11) is 0. The molecular formula is C17H22N2O4. The number of hydrogen-bond acceptors (Lipinski definition) is 4. The molecule has 2 N–H and O–H groups in total. The number of anilines is 1. The number of rotatable bonds is 6. The number of carbonyl (C=O) groups is 3. The van der Waals surface area contributed by atoms with Crippen LogP contribution in [-0.2, 0) is 14.3 Å². The van der Waals surface area contributed by atoms with E-state index in [1.54, 1.807) is 31.2 Å². The van der Waals surface area contributed by atoms with Crippen LogP contribution in [0.2, 0.25) is 0 Å². The minimum atomic E-state index is -0.809. The molecule has 1 fully saturated rings. The highest BCUT2D eigenvalue weighted by atomic mass is 16.5. The molecule has 0 aromatic heterocycles. The van der Waals surface area contributed by atoms with E-state index in [4.69, 9.17) is 4.74 Å². The predicted octanol–water partition coefficient (Wildman–Crippen LogP) is 2.11. The number of amides is 2. The van der Waals surface area contributed by atoms with E-state index in [-0.39, 0.29) is 18.2 Å². The molecule has 23 heavy (non-hydrogen) atoms. The molecule has 1 atom stereocenters. The van der Waals surface area contributed by atoms with E-state index in [0.29, 0.717) is 24.4 Å². The first kappa shape index (κ1) is 17.0. The molecule has 1 aromatic rings. The van der Waals surface area contributed by atoms with Crippen molar-refractivity contribution in [3.63, 3.8) is 0 Å². The van der Waals surface area contributed by atoms with Gasteiger partial charge in [0, 0.05) is 13.0 Å². The third-order valence-electron chi connectivity index (χ3n) is 3.90. The summed E-state index contributed by atoms with van der Waals surface area (Å²) in [5, 5.41) is 5.41. The van der Waals surface area contributed by atoms with Crippen LogP contribution in [0.15, 0.2) is 24.3 Å². The van der Waals surface area contributed by atoms with Crippen molar-refractivity contribution in [2.45, 2.75) is 33.1 Å². The molecule has 1 saturated heterocycles. The van der Waals surface area contributed by atoms with Crippen LogP contribution in [0.25, 0.3) is 0 Å². The van der Waals surface area contributed by atoms with E-state index < -0.39 is 11.4 Å². The summed E-state index contributed by atoms with van der Waals surface area (Å²) >= 11 is 0. The van der Waals surface area contributed by atoms with Gasteiger partial charge in [-0.15, -0.1) is 0 Å². The summed E-state index contributed by atoms with van der Waals surface area (Å²) in [5.74, 6) is -0.889. The molecule has 2 amide bonds. The summed E-state index contributed by atoms with van der Waals surface area (Å²) in [6, 6.07) is 6.72. The van der Waals surface area contributed by atoms with Crippen molar-refractivity contribution in [1.82, 2.24) is 5.32 Å². The number of hydrogen-bond donors (Lipinski definition) is 2. The number of benzene rings is 1. The Morgan fingerprint density at radius 3 is 2.74 bits per heavy atom. The van der Waals surface area contributed by atoms with Gasteiger partial charge in [0.05, 0.1) is 23.3 Å². The standard InChI is InChI=1S/C17H22N2O4/c1-3-4-9-23-15(21)12-7-5-6-8-13(12)19-16(22)17(2)10-14(20)18-11-17/h5-8H,3-4,9-11H2,1-2H3,(H,18,20)(H,19,22). The van der Waals surface area contributed by atoms with Crippen molar-refractivity contribution in [1.29, 1.82) is 0 Å². The Bertz CT molecular complexity index is 614. The molecule has 1 heterocycles. The number of para-hydroxylation sites is 1. The zero-order chi connectivity index (χ0) is 16.9. The van der Waals surface area contributed by atoms with Gasteiger partial charge in [-0.3, -0.25) is 9.59 Å². The molecular weight excluding hydrogens is 296 g/mol. The maximum absolute atomic E-state index is 12.5. The van der Waals surface area contributed by atoms with E-state index in [0.717, 1.165) is 12.8 Å². The first-order chi connectivity index (χ1) is 11.0. The summed E-state index contributed by atoms with van der Waals surface area (Å²) in [5.41, 5.74) is -0.0894. The second-order valence-corrected chi connectivity index (χ2v) is 6.00. The second kappa shape index (κ2) is 7.26. The SMILES string of the molecule is CCCCOC(=O)c1ccccc1NC(=O)C1(C)CNC(=O)C1. The zero-order valence-electron chi connectivity index (χ0n) is 13.5. The van der Waals surface area contributed by atoms with Crippen LogP contribution in [0.4, 0.5) is 5.69 Å². The highest BCUT2D eigenvalue weighted by Gasteiger charge is 2.41. The molecule has 124 valence electrons. The van der Waals surface area contributed by atoms with Crippen LogP contribution < -0.4 is 10.6 Å². The quantitative estimate of drug-likeness (QED) is 0.621. The molecule has 6 nitrogen and oxygen atoms in total. The lowest BCUT2D eigenvalue weighted by molar-refractivity contribution is -0.126. The van der Waals surface area contributed by atoms with Crippen molar-refractivity contribution in [3.8, 4) is 0 Å². The fraction of sp³-hybridized carbons (Fsp3) is 0.471. The van der Waals surface area contributed by atoms with E-state index in [2.05, 4.69) is 10.6 Å². The number of carbonyl (C=O) groups excluding carboxylic acids is 3. The maximum atomic E-state index is 12.5. The second-order valence-electron chi connectivity index (χ2n) is 6.00. The Morgan fingerprint density at radius 2 is 2.09 bits per heavy atom. The predicted molar refractivity (Wildman–Crippen MR) is 86.0 cm³/mol. The summed E-state index contributed by atoms with van der Waals surface area (Å²) in [4.78, 5) is 36.0. The third-order valence-corrected chi connectivity index (χ3v) is 3.90. The van der Waals surface area contributed by atoms with E-state index in [9.17, 15) is 14.4 Å². The van der Waals surface area contributed by atoms with Gasteiger partial charge in [-0.25, -0.2) is 4.79 Å². The van der Waals surface area contributed by atoms with E-state index >= 15 is 0 Å². The third kappa shape index (κ3) is 4.09. The van der Waals surface area contributed by atoms with E-state index in [1.807, 2.05) is 6.92 Å². The lowest BCUT2D eigenvalue weighted by Gasteiger charge is -2.21. The smallest absolute Gasteiger partial charge is 0.340 e. The van der Waals surface area contributed by atoms with Crippen LogP contribution in [0, 0.1) is 5.41 Å². The van der Waals surface area contributed by atoms with Crippen LogP contribution in [0.5, 0.6) is 0 Å². The summed E-state index contributed by atoms with van der Waals surface area (Å²) < 4.78 is 5.20. The van der Waals surface area contributed by atoms with Gasteiger partial charge in [-0.05, 0) is 25.5 Å². The fourth-order valence-corrected chi connectivity index (χ4v) is 2.36. The zero-order valence-corrected chi connectivity index (χ0v) is 13.5. The molecule has 1 aliphatic heterocycles. The van der Waals surface area contributed by atoms with E-state index in [1.165, 1.54) is 0 Å². The number of unbranched alkanes of at least 4 members (excludes halogenated alkanes) is 1. The Hall–Kier alpha value is -2.37. The monoisotopic (exact) mass is 318 g/mol. The molecule has 0 saturated carbocycles. The largest absolute Gasteiger partial charge is 0.462 e. The molecule has 2 rings (SSSR count). The van der Waals surface area contributed by atoms with Gasteiger partial charge < -0.3 is 15.4 Å². The van der Waals surface area contributed by atoms with Gasteiger partial charge in [0.1, 0.15) is 0 Å². The number of nitrogens with one attached hydrogen (secondary N) is 2. The Morgan fingerprint density at radius 1 is 1.35 bits per heavy atom. The molecule has 1 unspecified atom stereocenters. The minimum Gasteiger partial charge on any atom is -0.462 e. The topological polar surface area (TPSA) is 84.5 Å². The van der Waals surface area contributed by atoms with Gasteiger partial charge in [-0.1, -0.05) is 25.5 Å². The van der Waals surface area contributed by atoms with Gasteiger partial charge in [0.25, 0.3) is 0 Å². The summed E-state index contributed by atoms with van der Waals surface area (Å²) in [6.45, 7) is 4.39. The van der Waals surface area contributed by atoms with Crippen LogP contribution in [0.3, 0.4) is 0 Å². The molecule has 0 radical (unpaired) electrons. The van der Waals surface area contributed by atoms with Crippen LogP contribution in [0.1, 0.15) is 43.5 Å². The average molecular weight is 318 g/mol. The molecule has 1 aliphatic rings. The summed E-state index contributed by atoms with van der Waals surface area (Å²) in [6.07, 6.45) is 1.87. The van der Waals surface area contributed by atoms with Crippen LogP contribution in [-0.4, -0.2) is 30.9 Å². The first-order valence-electron chi connectivity index (χ1n) is 7.80. The highest BCUT2D eigenvalue weighted by molar-refractivity contribution is 6.04. The maximum Gasteiger partial charge on any atom is 0.340 e. The van der Waals surface area contributed by atoms with Crippen molar-refractivity contribution in [2.75, 3.05) is 18.5 Å². The van der Waals surface area contributed by atoms with Gasteiger partial charge >= 0.3 is 5.97 Å². The minimum absolute atomic E-state index is 0.141. The van der Waals surface area contributed by atoms with Crippen molar-refractivity contribution >= 4 is 23.5 Å². The molecule has 1 aromatic carbocycles. The number of ether oxygens (including phenoxy) is 1. The highest BCUT2D eigenvalue weighted by Crippen LogP contribution is 2.28. The molecule has 0 spiro atoms. The lowest BCUT2D eigenvalue weighted by Crippen LogP contribution is -2.35. The van der Waals surface area contributed by atoms with Gasteiger partial charge in [0.2, 0.25) is 11.8 Å². The fourth-order valence-electron chi connectivity index (χ4n) is 2.36.